The standard InChI is InChI=1S/C20H21N5O3S/c1-3-16-12-17-18(21-13(2)22-19(17)29-16)23-7-9-24(10-8-23)20(26)14-5-4-6-15(11-14)25(27)28/h4-6,11-12H,3,7-10H2,1-2H3. The Morgan fingerprint density at radius 3 is 2.66 bits per heavy atom. The van der Waals surface area contributed by atoms with Crippen LogP contribution in [0.15, 0.2) is 30.3 Å². The van der Waals surface area contributed by atoms with Gasteiger partial charge in [0.1, 0.15) is 16.5 Å². The van der Waals surface area contributed by atoms with E-state index in [4.69, 9.17) is 0 Å². The second-order valence-electron chi connectivity index (χ2n) is 6.97. The molecule has 0 atom stereocenters. The van der Waals surface area contributed by atoms with Crippen molar-refractivity contribution in [2.24, 2.45) is 0 Å². The highest BCUT2D eigenvalue weighted by molar-refractivity contribution is 7.18. The molecule has 150 valence electrons. The van der Waals surface area contributed by atoms with Crippen LogP contribution in [0.1, 0.15) is 28.0 Å². The molecule has 1 aliphatic rings. The van der Waals surface area contributed by atoms with Crippen LogP contribution in [0.5, 0.6) is 0 Å². The SMILES string of the molecule is CCc1cc2c(N3CCN(C(=O)c4cccc([N+](=O)[O-])c4)CC3)nc(C)nc2s1. The molecule has 2 aromatic heterocycles. The van der Waals surface area contributed by atoms with Gasteiger partial charge >= 0.3 is 0 Å². The third kappa shape index (κ3) is 3.77. The molecule has 1 aromatic carbocycles. The van der Waals surface area contributed by atoms with Gasteiger partial charge in [0.05, 0.1) is 10.3 Å². The van der Waals surface area contributed by atoms with Gasteiger partial charge in [-0.1, -0.05) is 13.0 Å². The third-order valence-electron chi connectivity index (χ3n) is 5.05. The summed E-state index contributed by atoms with van der Waals surface area (Å²) in [4.78, 5) is 38.7. The molecule has 0 spiro atoms. The number of rotatable bonds is 4. The molecule has 0 saturated carbocycles. The number of thiophene rings is 1. The topological polar surface area (TPSA) is 92.5 Å². The largest absolute Gasteiger partial charge is 0.352 e. The lowest BCUT2D eigenvalue weighted by Gasteiger charge is -2.35. The van der Waals surface area contributed by atoms with E-state index in [9.17, 15) is 14.9 Å². The Hall–Kier alpha value is -3.07. The number of fused-ring (bicyclic) bond motifs is 1. The number of aryl methyl sites for hydroxylation is 2. The molecule has 4 rings (SSSR count). The van der Waals surface area contributed by atoms with Crippen LogP contribution >= 0.6 is 11.3 Å². The maximum absolute atomic E-state index is 12.8. The molecular weight excluding hydrogens is 390 g/mol. The van der Waals surface area contributed by atoms with Crippen LogP contribution in [0.3, 0.4) is 0 Å². The molecule has 3 aromatic rings. The predicted molar refractivity (Wildman–Crippen MR) is 113 cm³/mol. The molecule has 1 amide bonds. The zero-order valence-electron chi connectivity index (χ0n) is 16.3. The van der Waals surface area contributed by atoms with Gasteiger partial charge in [0.2, 0.25) is 0 Å². The molecule has 1 aliphatic heterocycles. The lowest BCUT2D eigenvalue weighted by molar-refractivity contribution is -0.384. The summed E-state index contributed by atoms with van der Waals surface area (Å²) in [6.45, 7) is 6.42. The van der Waals surface area contributed by atoms with E-state index in [2.05, 4.69) is 27.9 Å². The number of amides is 1. The van der Waals surface area contributed by atoms with Crippen molar-refractivity contribution in [3.8, 4) is 0 Å². The number of piperazine rings is 1. The van der Waals surface area contributed by atoms with Crippen LogP contribution in [-0.2, 0) is 6.42 Å². The lowest BCUT2D eigenvalue weighted by atomic mass is 10.1. The summed E-state index contributed by atoms with van der Waals surface area (Å²) in [7, 11) is 0. The van der Waals surface area contributed by atoms with Crippen LogP contribution < -0.4 is 4.90 Å². The number of benzene rings is 1. The highest BCUT2D eigenvalue weighted by Gasteiger charge is 2.25. The number of hydrogen-bond donors (Lipinski definition) is 0. The van der Waals surface area contributed by atoms with Crippen molar-refractivity contribution in [3.05, 3.63) is 56.7 Å². The van der Waals surface area contributed by atoms with Gasteiger partial charge in [-0.3, -0.25) is 14.9 Å². The van der Waals surface area contributed by atoms with Crippen molar-refractivity contribution in [1.29, 1.82) is 0 Å². The van der Waals surface area contributed by atoms with Crippen LogP contribution in [0, 0.1) is 17.0 Å². The molecule has 0 bridgehead atoms. The number of anilines is 1. The summed E-state index contributed by atoms with van der Waals surface area (Å²) >= 11 is 1.70. The minimum absolute atomic E-state index is 0.0717. The first-order chi connectivity index (χ1) is 14.0. The summed E-state index contributed by atoms with van der Waals surface area (Å²) in [5, 5.41) is 12.0. The minimum Gasteiger partial charge on any atom is -0.352 e. The van der Waals surface area contributed by atoms with Crippen LogP contribution in [0.4, 0.5) is 11.5 Å². The number of hydrogen-bond acceptors (Lipinski definition) is 7. The summed E-state index contributed by atoms with van der Waals surface area (Å²) in [6.07, 6.45) is 0.963. The number of carbonyl (C=O) groups is 1. The maximum Gasteiger partial charge on any atom is 0.270 e. The Kier molecular flexibility index (Phi) is 5.14. The van der Waals surface area contributed by atoms with E-state index in [0.29, 0.717) is 31.7 Å². The first kappa shape index (κ1) is 19.3. The van der Waals surface area contributed by atoms with Crippen molar-refractivity contribution >= 4 is 39.0 Å². The number of carbonyl (C=O) groups excluding carboxylic acids is 1. The van der Waals surface area contributed by atoms with E-state index in [1.165, 1.54) is 17.0 Å². The van der Waals surface area contributed by atoms with Gasteiger partial charge in [0.15, 0.2) is 0 Å². The van der Waals surface area contributed by atoms with Gasteiger partial charge in [-0.2, -0.15) is 0 Å². The first-order valence-corrected chi connectivity index (χ1v) is 10.3. The van der Waals surface area contributed by atoms with Crippen molar-refractivity contribution in [2.75, 3.05) is 31.1 Å². The van der Waals surface area contributed by atoms with E-state index in [1.807, 2.05) is 6.92 Å². The average Bonchev–Trinajstić information content (AvgIpc) is 3.16. The van der Waals surface area contributed by atoms with E-state index < -0.39 is 4.92 Å². The number of nitrogens with zero attached hydrogens (tertiary/aromatic N) is 5. The number of non-ortho nitro benzene ring substituents is 1. The van der Waals surface area contributed by atoms with Gasteiger partial charge in [0.25, 0.3) is 11.6 Å². The van der Waals surface area contributed by atoms with Crippen molar-refractivity contribution in [1.82, 2.24) is 14.9 Å². The fourth-order valence-corrected chi connectivity index (χ4v) is 4.54. The zero-order chi connectivity index (χ0) is 20.5. The molecule has 0 N–H and O–H groups in total. The van der Waals surface area contributed by atoms with E-state index in [1.54, 1.807) is 28.4 Å². The Morgan fingerprint density at radius 2 is 1.97 bits per heavy atom. The van der Waals surface area contributed by atoms with Gasteiger partial charge in [0, 0.05) is 48.8 Å². The van der Waals surface area contributed by atoms with Crippen LogP contribution in [0.25, 0.3) is 10.2 Å². The van der Waals surface area contributed by atoms with E-state index in [0.717, 1.165) is 28.3 Å². The third-order valence-corrected chi connectivity index (χ3v) is 6.23. The molecule has 1 fully saturated rings. The van der Waals surface area contributed by atoms with Crippen LogP contribution in [-0.4, -0.2) is 51.9 Å². The van der Waals surface area contributed by atoms with E-state index >= 15 is 0 Å². The number of nitro benzene ring substituents is 1. The molecule has 0 radical (unpaired) electrons. The van der Waals surface area contributed by atoms with Crippen molar-refractivity contribution in [3.63, 3.8) is 0 Å². The first-order valence-electron chi connectivity index (χ1n) is 9.52. The second kappa shape index (κ2) is 7.75. The average molecular weight is 411 g/mol. The molecular formula is C20H21N5O3S. The molecule has 29 heavy (non-hydrogen) atoms. The smallest absolute Gasteiger partial charge is 0.270 e. The Bertz CT molecular complexity index is 1090. The fourth-order valence-electron chi connectivity index (χ4n) is 3.53. The summed E-state index contributed by atoms with van der Waals surface area (Å²) < 4.78 is 0. The zero-order valence-corrected chi connectivity index (χ0v) is 17.1. The van der Waals surface area contributed by atoms with Gasteiger partial charge in [-0.25, -0.2) is 9.97 Å². The monoisotopic (exact) mass is 411 g/mol. The molecule has 3 heterocycles. The summed E-state index contributed by atoms with van der Waals surface area (Å²) in [5.41, 5.74) is 0.274. The predicted octanol–water partition coefficient (Wildman–Crippen LogP) is 3.43. The van der Waals surface area contributed by atoms with Gasteiger partial charge in [-0.15, -0.1) is 11.3 Å². The Labute approximate surface area is 171 Å². The minimum atomic E-state index is -0.483. The second-order valence-corrected chi connectivity index (χ2v) is 8.08. The summed E-state index contributed by atoms with van der Waals surface area (Å²) in [6, 6.07) is 8.06. The maximum atomic E-state index is 12.8. The normalized spacial score (nSPS) is 14.4. The van der Waals surface area contributed by atoms with E-state index in [-0.39, 0.29) is 11.6 Å². The fraction of sp³-hybridized carbons (Fsp3) is 0.350. The summed E-state index contributed by atoms with van der Waals surface area (Å²) in [5.74, 6) is 1.49. The molecule has 9 heteroatoms. The highest BCUT2D eigenvalue weighted by Crippen LogP contribution is 2.32. The molecule has 0 unspecified atom stereocenters. The Morgan fingerprint density at radius 1 is 1.21 bits per heavy atom. The number of nitro groups is 1. The molecule has 0 aliphatic carbocycles. The quantitative estimate of drug-likeness (QED) is 0.482. The Balaban J connectivity index is 1.52. The van der Waals surface area contributed by atoms with Crippen molar-refractivity contribution in [2.45, 2.75) is 20.3 Å². The van der Waals surface area contributed by atoms with Crippen LogP contribution in [0.2, 0.25) is 0 Å². The molecule has 8 nitrogen and oxygen atoms in total. The van der Waals surface area contributed by atoms with Gasteiger partial charge < -0.3 is 9.80 Å². The molecule has 1 saturated heterocycles. The number of aromatic nitrogens is 2. The lowest BCUT2D eigenvalue weighted by Crippen LogP contribution is -2.49. The van der Waals surface area contributed by atoms with Crippen molar-refractivity contribution < 1.29 is 9.72 Å². The highest BCUT2D eigenvalue weighted by atomic mass is 32.1. The van der Waals surface area contributed by atoms with Gasteiger partial charge in [-0.05, 0) is 25.5 Å².